The first-order valence-corrected chi connectivity index (χ1v) is 3.20. The van der Waals surface area contributed by atoms with Gasteiger partial charge in [-0.05, 0) is 0 Å². The van der Waals surface area contributed by atoms with Crippen LogP contribution < -0.4 is 5.73 Å². The molecule has 0 aliphatic rings. The quantitative estimate of drug-likeness (QED) is 0.610. The van der Waals surface area contributed by atoms with Crippen molar-refractivity contribution in [1.82, 2.24) is 10.2 Å². The SMILES string of the molecule is NC(=O)Cc1nncs1. The maximum absolute atomic E-state index is 10.2. The first-order valence-electron chi connectivity index (χ1n) is 2.32. The highest BCUT2D eigenvalue weighted by atomic mass is 32.1. The average molecular weight is 143 g/mol. The van der Waals surface area contributed by atoms with Gasteiger partial charge in [-0.15, -0.1) is 21.5 Å². The zero-order chi connectivity index (χ0) is 6.69. The summed E-state index contributed by atoms with van der Waals surface area (Å²) in [5.74, 6) is -0.369. The first-order chi connectivity index (χ1) is 4.29. The minimum atomic E-state index is -0.369. The van der Waals surface area contributed by atoms with Crippen molar-refractivity contribution in [2.24, 2.45) is 5.73 Å². The zero-order valence-corrected chi connectivity index (χ0v) is 5.39. The summed E-state index contributed by atoms with van der Waals surface area (Å²) in [4.78, 5) is 10.2. The summed E-state index contributed by atoms with van der Waals surface area (Å²) in [5.41, 5.74) is 6.45. The van der Waals surface area contributed by atoms with Gasteiger partial charge in [0.1, 0.15) is 10.5 Å². The van der Waals surface area contributed by atoms with Crippen molar-refractivity contribution < 1.29 is 4.79 Å². The number of carbonyl (C=O) groups is 1. The van der Waals surface area contributed by atoms with E-state index in [9.17, 15) is 4.79 Å². The monoisotopic (exact) mass is 143 g/mol. The Hall–Kier alpha value is -0.970. The summed E-state index contributed by atoms with van der Waals surface area (Å²) in [6.45, 7) is 0. The van der Waals surface area contributed by atoms with Crippen LogP contribution in [0.4, 0.5) is 0 Å². The topological polar surface area (TPSA) is 68.9 Å². The van der Waals surface area contributed by atoms with Gasteiger partial charge in [-0.1, -0.05) is 0 Å². The molecule has 1 rings (SSSR count). The number of nitrogens with two attached hydrogens (primary N) is 1. The number of aromatic nitrogens is 2. The van der Waals surface area contributed by atoms with E-state index in [1.54, 1.807) is 5.51 Å². The molecule has 1 heterocycles. The maximum atomic E-state index is 10.2. The van der Waals surface area contributed by atoms with Gasteiger partial charge in [0.2, 0.25) is 5.91 Å². The van der Waals surface area contributed by atoms with Crippen molar-refractivity contribution in [3.8, 4) is 0 Å². The lowest BCUT2D eigenvalue weighted by molar-refractivity contribution is -0.117. The molecule has 0 aromatic carbocycles. The maximum Gasteiger partial charge on any atom is 0.224 e. The normalized spacial score (nSPS) is 9.33. The molecule has 0 aliphatic heterocycles. The van der Waals surface area contributed by atoms with Crippen molar-refractivity contribution in [3.05, 3.63) is 10.5 Å². The predicted octanol–water partition coefficient (Wildman–Crippen LogP) is -0.434. The summed E-state index contributed by atoms with van der Waals surface area (Å²) in [5, 5.41) is 7.83. The Morgan fingerprint density at radius 2 is 2.67 bits per heavy atom. The number of carbonyl (C=O) groups excluding carboxylic acids is 1. The van der Waals surface area contributed by atoms with Crippen molar-refractivity contribution in [2.75, 3.05) is 0 Å². The van der Waals surface area contributed by atoms with Crippen LogP contribution >= 0.6 is 11.3 Å². The lowest BCUT2D eigenvalue weighted by Crippen LogP contribution is -2.13. The molecule has 2 N–H and O–H groups in total. The van der Waals surface area contributed by atoms with Gasteiger partial charge in [0, 0.05) is 0 Å². The Labute approximate surface area is 55.7 Å². The Balaban J connectivity index is 2.58. The molecule has 0 aliphatic carbocycles. The minimum Gasteiger partial charge on any atom is -0.369 e. The van der Waals surface area contributed by atoms with Crippen LogP contribution in [-0.4, -0.2) is 16.1 Å². The smallest absolute Gasteiger partial charge is 0.224 e. The van der Waals surface area contributed by atoms with Crippen molar-refractivity contribution in [3.63, 3.8) is 0 Å². The molecule has 0 saturated heterocycles. The molecule has 0 atom stereocenters. The second kappa shape index (κ2) is 2.54. The Morgan fingerprint density at radius 3 is 3.11 bits per heavy atom. The lowest BCUT2D eigenvalue weighted by atomic mass is 10.4. The van der Waals surface area contributed by atoms with E-state index in [0.29, 0.717) is 5.01 Å². The van der Waals surface area contributed by atoms with Gasteiger partial charge in [-0.25, -0.2) is 0 Å². The van der Waals surface area contributed by atoms with Crippen LogP contribution in [-0.2, 0) is 11.2 Å². The molecule has 9 heavy (non-hydrogen) atoms. The van der Waals surface area contributed by atoms with Crippen LogP contribution in [0.5, 0.6) is 0 Å². The molecule has 1 aromatic rings. The van der Waals surface area contributed by atoms with Gasteiger partial charge in [0.25, 0.3) is 0 Å². The fourth-order valence-corrected chi connectivity index (χ4v) is 0.958. The molecule has 1 aromatic heterocycles. The molecule has 0 saturated carbocycles. The fourth-order valence-electron chi connectivity index (χ4n) is 0.422. The average Bonchev–Trinajstić information content (AvgIpc) is 2.15. The van der Waals surface area contributed by atoms with E-state index in [1.165, 1.54) is 11.3 Å². The zero-order valence-electron chi connectivity index (χ0n) is 4.57. The predicted molar refractivity (Wildman–Crippen MR) is 32.8 cm³/mol. The largest absolute Gasteiger partial charge is 0.369 e. The van der Waals surface area contributed by atoms with Crippen LogP contribution in [0.1, 0.15) is 5.01 Å². The molecule has 48 valence electrons. The number of hydrogen-bond donors (Lipinski definition) is 1. The second-order valence-electron chi connectivity index (χ2n) is 1.48. The van der Waals surface area contributed by atoms with Gasteiger partial charge >= 0.3 is 0 Å². The molecule has 1 amide bonds. The van der Waals surface area contributed by atoms with Crippen LogP contribution in [0.25, 0.3) is 0 Å². The number of nitrogens with zero attached hydrogens (tertiary/aromatic N) is 2. The third-order valence-corrected chi connectivity index (χ3v) is 1.43. The fraction of sp³-hybridized carbons (Fsp3) is 0.250. The van der Waals surface area contributed by atoms with Gasteiger partial charge in [-0.2, -0.15) is 0 Å². The molecule has 0 fully saturated rings. The van der Waals surface area contributed by atoms with E-state index in [2.05, 4.69) is 10.2 Å². The van der Waals surface area contributed by atoms with E-state index < -0.39 is 0 Å². The van der Waals surface area contributed by atoms with E-state index in [0.717, 1.165) is 0 Å². The number of hydrogen-bond acceptors (Lipinski definition) is 4. The molecule has 0 radical (unpaired) electrons. The molecular weight excluding hydrogens is 138 g/mol. The van der Waals surface area contributed by atoms with Crippen LogP contribution in [0, 0.1) is 0 Å². The van der Waals surface area contributed by atoms with E-state index in [1.807, 2.05) is 0 Å². The number of amides is 1. The van der Waals surface area contributed by atoms with Gasteiger partial charge in [-0.3, -0.25) is 4.79 Å². The van der Waals surface area contributed by atoms with Gasteiger partial charge in [0.15, 0.2) is 0 Å². The highest BCUT2D eigenvalue weighted by Gasteiger charge is 1.99. The van der Waals surface area contributed by atoms with Gasteiger partial charge in [0.05, 0.1) is 6.42 Å². The summed E-state index contributed by atoms with van der Waals surface area (Å²) in [6, 6.07) is 0. The van der Waals surface area contributed by atoms with Crippen LogP contribution in [0.3, 0.4) is 0 Å². The lowest BCUT2D eigenvalue weighted by Gasteiger charge is -1.83. The third-order valence-electron chi connectivity index (χ3n) is 0.731. The first kappa shape index (κ1) is 6.15. The van der Waals surface area contributed by atoms with E-state index in [4.69, 9.17) is 5.73 Å². The Morgan fingerprint density at radius 1 is 1.89 bits per heavy atom. The standard InChI is InChI=1S/C4H5N3OS/c5-3(8)1-4-7-6-2-9-4/h2H,1H2,(H2,5,8). The molecular formula is C4H5N3OS. The number of rotatable bonds is 2. The molecule has 0 bridgehead atoms. The third kappa shape index (κ3) is 1.77. The summed E-state index contributed by atoms with van der Waals surface area (Å²) in [6.07, 6.45) is 0.199. The molecule has 0 unspecified atom stereocenters. The molecule has 4 nitrogen and oxygen atoms in total. The van der Waals surface area contributed by atoms with Crippen LogP contribution in [0.2, 0.25) is 0 Å². The minimum absolute atomic E-state index is 0.199. The molecule has 0 spiro atoms. The van der Waals surface area contributed by atoms with Crippen molar-refractivity contribution >= 4 is 17.2 Å². The molecule has 5 heteroatoms. The number of primary amides is 1. The Kier molecular flexibility index (Phi) is 1.74. The van der Waals surface area contributed by atoms with E-state index in [-0.39, 0.29) is 12.3 Å². The summed E-state index contributed by atoms with van der Waals surface area (Å²) < 4.78 is 0. The Bertz CT molecular complexity index is 196. The second-order valence-corrected chi connectivity index (χ2v) is 2.39. The van der Waals surface area contributed by atoms with Crippen molar-refractivity contribution in [2.45, 2.75) is 6.42 Å². The van der Waals surface area contributed by atoms with E-state index >= 15 is 0 Å². The summed E-state index contributed by atoms with van der Waals surface area (Å²) >= 11 is 1.33. The summed E-state index contributed by atoms with van der Waals surface area (Å²) in [7, 11) is 0. The highest BCUT2D eigenvalue weighted by Crippen LogP contribution is 2.00. The highest BCUT2D eigenvalue weighted by molar-refractivity contribution is 7.09. The van der Waals surface area contributed by atoms with Crippen molar-refractivity contribution in [1.29, 1.82) is 0 Å². The van der Waals surface area contributed by atoms with Crippen LogP contribution in [0.15, 0.2) is 5.51 Å². The van der Waals surface area contributed by atoms with Gasteiger partial charge < -0.3 is 5.73 Å².